The van der Waals surface area contributed by atoms with Crippen LogP contribution in [0.3, 0.4) is 0 Å². The number of aromatic nitrogens is 2. The van der Waals surface area contributed by atoms with Crippen LogP contribution in [0.5, 0.6) is 0 Å². The first-order chi connectivity index (χ1) is 9.06. The molecule has 0 amide bonds. The minimum absolute atomic E-state index is 0.439. The first-order valence-corrected chi connectivity index (χ1v) is 6.69. The first-order valence-electron chi connectivity index (χ1n) is 5.93. The molecule has 4 nitrogen and oxygen atoms in total. The minimum Gasteiger partial charge on any atom is -0.384 e. The Bertz CT molecular complexity index is 567. The Morgan fingerprint density at radius 2 is 1.79 bits per heavy atom. The molecule has 2 rings (SSSR count). The van der Waals surface area contributed by atoms with Crippen LogP contribution in [0.25, 0.3) is 0 Å². The summed E-state index contributed by atoms with van der Waals surface area (Å²) in [4.78, 5) is 8.56. The molecule has 1 heterocycles. The van der Waals surface area contributed by atoms with E-state index in [4.69, 9.17) is 28.9 Å². The van der Waals surface area contributed by atoms with E-state index in [9.17, 15) is 0 Å². The van der Waals surface area contributed by atoms with Gasteiger partial charge in [-0.3, -0.25) is 0 Å². The molecular weight excluding hydrogens is 283 g/mol. The summed E-state index contributed by atoms with van der Waals surface area (Å²) >= 11 is 11.9. The second-order valence-corrected chi connectivity index (χ2v) is 5.00. The molecule has 1 aromatic heterocycles. The number of aryl methyl sites for hydroxylation is 1. The van der Waals surface area contributed by atoms with E-state index >= 15 is 0 Å². The van der Waals surface area contributed by atoms with Gasteiger partial charge >= 0.3 is 0 Å². The van der Waals surface area contributed by atoms with Crippen molar-refractivity contribution in [3.05, 3.63) is 40.1 Å². The summed E-state index contributed by atoms with van der Waals surface area (Å²) in [5, 5.41) is 4.25. The van der Waals surface area contributed by atoms with Crippen molar-refractivity contribution in [2.24, 2.45) is 0 Å². The predicted octanol–water partition coefficient (Wildman–Crippen LogP) is 4.06. The molecule has 0 aliphatic heterocycles. The molecule has 19 heavy (non-hydrogen) atoms. The summed E-state index contributed by atoms with van der Waals surface area (Å²) in [5.41, 5.74) is 6.52. The van der Waals surface area contributed by atoms with Crippen molar-refractivity contribution in [1.82, 2.24) is 9.97 Å². The molecule has 0 spiro atoms. The molecule has 0 radical (unpaired) electrons. The number of rotatable bonds is 4. The lowest BCUT2D eigenvalue weighted by atomic mass is 10.3. The third kappa shape index (κ3) is 3.98. The Kier molecular flexibility index (Phi) is 4.45. The van der Waals surface area contributed by atoms with Gasteiger partial charge in [-0.1, -0.05) is 30.1 Å². The van der Waals surface area contributed by atoms with Crippen molar-refractivity contribution >= 4 is 40.5 Å². The molecule has 0 fully saturated rings. The normalized spacial score (nSPS) is 10.5. The van der Waals surface area contributed by atoms with Gasteiger partial charge in [0, 0.05) is 28.2 Å². The zero-order valence-electron chi connectivity index (χ0n) is 10.5. The molecule has 0 saturated carbocycles. The molecule has 0 atom stereocenters. The molecule has 100 valence electrons. The highest BCUT2D eigenvalue weighted by Crippen LogP contribution is 2.25. The fraction of sp³-hybridized carbons (Fsp3) is 0.231. The lowest BCUT2D eigenvalue weighted by molar-refractivity contribution is 0.839. The van der Waals surface area contributed by atoms with Gasteiger partial charge in [-0.2, -0.15) is 0 Å². The largest absolute Gasteiger partial charge is 0.384 e. The summed E-state index contributed by atoms with van der Waals surface area (Å²) < 4.78 is 0. The number of anilines is 3. The van der Waals surface area contributed by atoms with Crippen molar-refractivity contribution in [1.29, 1.82) is 0 Å². The Morgan fingerprint density at radius 3 is 2.42 bits per heavy atom. The number of nitrogens with two attached hydrogens (primary N) is 1. The number of nitrogen functional groups attached to an aromatic ring is 1. The van der Waals surface area contributed by atoms with Crippen LogP contribution in [-0.4, -0.2) is 9.97 Å². The van der Waals surface area contributed by atoms with Crippen LogP contribution in [0.2, 0.25) is 10.0 Å². The molecule has 3 N–H and O–H groups in total. The summed E-state index contributed by atoms with van der Waals surface area (Å²) in [6.07, 6.45) is 1.75. The standard InChI is InChI=1S/C13H14Cl2N4/c1-2-3-12-18-11(16)7-13(19-12)17-10-5-8(14)4-9(15)6-10/h4-7H,2-3H2,1H3,(H3,16,17,18,19). The van der Waals surface area contributed by atoms with Gasteiger partial charge in [-0.05, 0) is 24.6 Å². The van der Waals surface area contributed by atoms with Gasteiger partial charge in [-0.15, -0.1) is 0 Å². The summed E-state index contributed by atoms with van der Waals surface area (Å²) in [6, 6.07) is 6.88. The summed E-state index contributed by atoms with van der Waals surface area (Å²) in [5.74, 6) is 1.79. The fourth-order valence-corrected chi connectivity index (χ4v) is 2.22. The third-order valence-electron chi connectivity index (χ3n) is 2.40. The highest BCUT2D eigenvalue weighted by molar-refractivity contribution is 6.35. The second kappa shape index (κ2) is 6.08. The van der Waals surface area contributed by atoms with E-state index < -0.39 is 0 Å². The van der Waals surface area contributed by atoms with Crippen LogP contribution in [0.1, 0.15) is 19.2 Å². The lowest BCUT2D eigenvalue weighted by Gasteiger charge is -2.09. The lowest BCUT2D eigenvalue weighted by Crippen LogP contribution is -2.03. The molecule has 0 aliphatic rings. The van der Waals surface area contributed by atoms with Gasteiger partial charge in [-0.25, -0.2) is 9.97 Å². The molecule has 2 aromatic rings. The van der Waals surface area contributed by atoms with Crippen LogP contribution >= 0.6 is 23.2 Å². The number of benzene rings is 1. The molecule has 6 heteroatoms. The van der Waals surface area contributed by atoms with Crippen LogP contribution < -0.4 is 11.1 Å². The predicted molar refractivity (Wildman–Crippen MR) is 80.2 cm³/mol. The third-order valence-corrected chi connectivity index (χ3v) is 2.84. The van der Waals surface area contributed by atoms with Gasteiger partial charge in [0.2, 0.25) is 0 Å². The van der Waals surface area contributed by atoms with Crippen molar-refractivity contribution in [2.75, 3.05) is 11.1 Å². The number of hydrogen-bond acceptors (Lipinski definition) is 4. The highest BCUT2D eigenvalue weighted by atomic mass is 35.5. The molecule has 0 bridgehead atoms. The van der Waals surface area contributed by atoms with E-state index in [0.29, 0.717) is 21.7 Å². The zero-order valence-corrected chi connectivity index (χ0v) is 12.0. The van der Waals surface area contributed by atoms with E-state index in [1.54, 1.807) is 24.3 Å². The second-order valence-electron chi connectivity index (χ2n) is 4.13. The Morgan fingerprint density at radius 1 is 1.11 bits per heavy atom. The van der Waals surface area contributed by atoms with Crippen molar-refractivity contribution in [3.63, 3.8) is 0 Å². The maximum Gasteiger partial charge on any atom is 0.136 e. The molecule has 1 aromatic carbocycles. The smallest absolute Gasteiger partial charge is 0.136 e. The van der Waals surface area contributed by atoms with Crippen LogP contribution in [0.4, 0.5) is 17.3 Å². The van der Waals surface area contributed by atoms with Crippen LogP contribution in [0.15, 0.2) is 24.3 Å². The SMILES string of the molecule is CCCc1nc(N)cc(Nc2cc(Cl)cc(Cl)c2)n1. The molecule has 0 aliphatic carbocycles. The van der Waals surface area contributed by atoms with Gasteiger partial charge < -0.3 is 11.1 Å². The quantitative estimate of drug-likeness (QED) is 0.893. The van der Waals surface area contributed by atoms with Crippen LogP contribution in [0, 0.1) is 0 Å². The van der Waals surface area contributed by atoms with Crippen molar-refractivity contribution in [2.45, 2.75) is 19.8 Å². The van der Waals surface area contributed by atoms with Crippen molar-refractivity contribution in [3.8, 4) is 0 Å². The Balaban J connectivity index is 2.27. The van der Waals surface area contributed by atoms with Gasteiger partial charge in [0.05, 0.1) is 0 Å². The number of hydrogen-bond donors (Lipinski definition) is 2. The Labute approximate surface area is 122 Å². The van der Waals surface area contributed by atoms with E-state index in [2.05, 4.69) is 22.2 Å². The maximum atomic E-state index is 5.95. The monoisotopic (exact) mass is 296 g/mol. The average Bonchev–Trinajstić information content (AvgIpc) is 2.26. The van der Waals surface area contributed by atoms with E-state index in [1.165, 1.54) is 0 Å². The van der Waals surface area contributed by atoms with E-state index in [1.807, 2.05) is 0 Å². The topological polar surface area (TPSA) is 63.8 Å². The highest BCUT2D eigenvalue weighted by Gasteiger charge is 2.04. The zero-order chi connectivity index (χ0) is 13.8. The van der Waals surface area contributed by atoms with Gasteiger partial charge in [0.25, 0.3) is 0 Å². The number of nitrogens with zero attached hydrogens (tertiary/aromatic N) is 2. The average molecular weight is 297 g/mol. The summed E-state index contributed by atoms with van der Waals surface area (Å²) in [6.45, 7) is 2.07. The van der Waals surface area contributed by atoms with Gasteiger partial charge in [0.1, 0.15) is 17.5 Å². The van der Waals surface area contributed by atoms with E-state index in [-0.39, 0.29) is 0 Å². The van der Waals surface area contributed by atoms with E-state index in [0.717, 1.165) is 24.4 Å². The maximum absolute atomic E-state index is 5.95. The number of halogens is 2. The summed E-state index contributed by atoms with van der Waals surface area (Å²) in [7, 11) is 0. The van der Waals surface area contributed by atoms with Crippen molar-refractivity contribution < 1.29 is 0 Å². The Hall–Kier alpha value is -1.52. The number of nitrogens with one attached hydrogen (secondary N) is 1. The fourth-order valence-electron chi connectivity index (χ4n) is 1.69. The first kappa shape index (κ1) is 13.9. The molecular formula is C13H14Cl2N4. The molecule has 0 unspecified atom stereocenters. The van der Waals surface area contributed by atoms with Crippen LogP contribution in [-0.2, 0) is 6.42 Å². The minimum atomic E-state index is 0.439. The molecule has 0 saturated heterocycles. The van der Waals surface area contributed by atoms with Gasteiger partial charge in [0.15, 0.2) is 0 Å².